The maximum Gasteiger partial charge on any atom is 0.213 e. The van der Waals surface area contributed by atoms with E-state index in [1.54, 1.807) is 13.3 Å². The Morgan fingerprint density at radius 3 is 2.88 bits per heavy atom. The first-order valence-corrected chi connectivity index (χ1v) is 8.91. The number of rotatable bonds is 2. The summed E-state index contributed by atoms with van der Waals surface area (Å²) in [6.07, 6.45) is 3.48. The van der Waals surface area contributed by atoms with Crippen molar-refractivity contribution in [3.63, 3.8) is 0 Å². The molecule has 0 saturated carbocycles. The molecular weight excluding hydrogens is 340 g/mol. The molecule has 2 heterocycles. The quantitative estimate of drug-likeness (QED) is 0.717. The fourth-order valence-corrected chi connectivity index (χ4v) is 4.64. The highest BCUT2D eigenvalue weighted by atomic mass is 35.5. The predicted molar refractivity (Wildman–Crippen MR) is 95.7 cm³/mol. The SMILES string of the molecule is COc1cc(C2Cc3c(cc(Cl)c(O)c3O)C3CNCCC23)ccn1. The van der Waals surface area contributed by atoms with E-state index in [1.165, 1.54) is 0 Å². The minimum Gasteiger partial charge on any atom is -0.504 e. The number of nitrogens with one attached hydrogen (secondary N) is 1. The number of benzene rings is 1. The number of nitrogens with zero attached hydrogens (tertiary/aromatic N) is 1. The van der Waals surface area contributed by atoms with Crippen molar-refractivity contribution in [3.8, 4) is 17.4 Å². The number of piperidine rings is 1. The van der Waals surface area contributed by atoms with Gasteiger partial charge in [-0.3, -0.25) is 0 Å². The van der Waals surface area contributed by atoms with Gasteiger partial charge in [0.2, 0.25) is 5.88 Å². The Morgan fingerprint density at radius 2 is 2.08 bits per heavy atom. The highest BCUT2D eigenvalue weighted by Crippen LogP contribution is 2.52. The summed E-state index contributed by atoms with van der Waals surface area (Å²) in [6, 6.07) is 5.81. The van der Waals surface area contributed by atoms with Gasteiger partial charge < -0.3 is 20.3 Å². The molecule has 1 saturated heterocycles. The summed E-state index contributed by atoms with van der Waals surface area (Å²) in [5, 5.41) is 24.2. The Bertz CT molecular complexity index is 811. The molecule has 0 radical (unpaired) electrons. The van der Waals surface area contributed by atoms with Crippen molar-refractivity contribution < 1.29 is 14.9 Å². The van der Waals surface area contributed by atoms with E-state index in [9.17, 15) is 10.2 Å². The number of aromatic hydroxyl groups is 2. The Labute approximate surface area is 151 Å². The average molecular weight is 361 g/mol. The van der Waals surface area contributed by atoms with Gasteiger partial charge in [-0.2, -0.15) is 0 Å². The van der Waals surface area contributed by atoms with E-state index in [2.05, 4.69) is 10.3 Å². The van der Waals surface area contributed by atoms with E-state index in [0.29, 0.717) is 18.2 Å². The van der Waals surface area contributed by atoms with Crippen LogP contribution in [0.25, 0.3) is 0 Å². The van der Waals surface area contributed by atoms with Crippen LogP contribution in [0.1, 0.15) is 34.9 Å². The lowest BCUT2D eigenvalue weighted by atomic mass is 9.64. The molecule has 2 aliphatic rings. The molecule has 4 rings (SSSR count). The van der Waals surface area contributed by atoms with Gasteiger partial charge in [-0.05, 0) is 54.5 Å². The summed E-state index contributed by atoms with van der Waals surface area (Å²) in [5.41, 5.74) is 3.01. The van der Waals surface area contributed by atoms with Crippen LogP contribution in [0.3, 0.4) is 0 Å². The summed E-state index contributed by atoms with van der Waals surface area (Å²) in [6.45, 7) is 1.82. The van der Waals surface area contributed by atoms with Crippen LogP contribution >= 0.6 is 11.6 Å². The van der Waals surface area contributed by atoms with Crippen molar-refractivity contribution in [3.05, 3.63) is 46.1 Å². The third-order valence-electron chi connectivity index (χ3n) is 5.64. The third-order valence-corrected chi connectivity index (χ3v) is 5.93. The van der Waals surface area contributed by atoms with Gasteiger partial charge in [-0.15, -0.1) is 0 Å². The zero-order valence-corrected chi connectivity index (χ0v) is 14.8. The third kappa shape index (κ3) is 2.71. The zero-order chi connectivity index (χ0) is 17.6. The van der Waals surface area contributed by atoms with Gasteiger partial charge in [-0.25, -0.2) is 4.98 Å². The topological polar surface area (TPSA) is 74.6 Å². The second-order valence-electron chi connectivity index (χ2n) is 6.83. The molecule has 0 bridgehead atoms. The summed E-state index contributed by atoms with van der Waals surface area (Å²) in [5.74, 6) is 1.22. The largest absolute Gasteiger partial charge is 0.504 e. The van der Waals surface area contributed by atoms with E-state index < -0.39 is 0 Å². The molecule has 0 amide bonds. The minimum atomic E-state index is -0.228. The van der Waals surface area contributed by atoms with Crippen LogP contribution in [0.15, 0.2) is 24.4 Å². The molecule has 5 nitrogen and oxygen atoms in total. The number of pyridine rings is 1. The highest BCUT2D eigenvalue weighted by molar-refractivity contribution is 6.32. The van der Waals surface area contributed by atoms with E-state index in [0.717, 1.165) is 36.2 Å². The summed E-state index contributed by atoms with van der Waals surface area (Å²) >= 11 is 6.12. The number of methoxy groups -OCH3 is 1. The van der Waals surface area contributed by atoms with Gasteiger partial charge in [0.05, 0.1) is 12.1 Å². The number of fused-ring (bicyclic) bond motifs is 3. The van der Waals surface area contributed by atoms with Crippen molar-refractivity contribution in [1.82, 2.24) is 10.3 Å². The summed E-state index contributed by atoms with van der Waals surface area (Å²) < 4.78 is 5.28. The van der Waals surface area contributed by atoms with Crippen LogP contribution in [0.5, 0.6) is 17.4 Å². The molecule has 132 valence electrons. The van der Waals surface area contributed by atoms with Crippen LogP contribution in [0.2, 0.25) is 5.02 Å². The lowest BCUT2D eigenvalue weighted by Gasteiger charge is -2.43. The zero-order valence-electron chi connectivity index (χ0n) is 14.0. The maximum absolute atomic E-state index is 10.5. The highest BCUT2D eigenvalue weighted by Gasteiger charge is 2.40. The lowest BCUT2D eigenvalue weighted by molar-refractivity contribution is 0.252. The van der Waals surface area contributed by atoms with Gasteiger partial charge in [0, 0.05) is 30.3 Å². The standard InChI is InChI=1S/C19H21ClN2O3/c1-25-17-6-10(2-5-22-17)12-7-14-13(8-16(20)19(24)18(14)23)15-9-21-4-3-11(12)15/h2,5-6,8,11-12,15,21,23-24H,3-4,7,9H2,1H3. The van der Waals surface area contributed by atoms with Crippen molar-refractivity contribution in [1.29, 1.82) is 0 Å². The first-order chi connectivity index (χ1) is 12.1. The van der Waals surface area contributed by atoms with Crippen LogP contribution in [0.4, 0.5) is 0 Å². The molecule has 1 aromatic heterocycles. The number of ether oxygens (including phenoxy) is 1. The van der Waals surface area contributed by atoms with Crippen molar-refractivity contribution in [2.24, 2.45) is 5.92 Å². The Kier molecular flexibility index (Phi) is 4.21. The molecule has 1 fully saturated rings. The maximum atomic E-state index is 10.5. The smallest absolute Gasteiger partial charge is 0.213 e. The summed E-state index contributed by atoms with van der Waals surface area (Å²) in [4.78, 5) is 4.20. The number of phenols is 2. The monoisotopic (exact) mass is 360 g/mol. The predicted octanol–water partition coefficient (Wildman–Crippen LogP) is 3.19. The van der Waals surface area contributed by atoms with E-state index in [1.807, 2.05) is 18.2 Å². The molecule has 6 heteroatoms. The molecule has 1 aromatic carbocycles. The van der Waals surface area contributed by atoms with Crippen LogP contribution in [-0.2, 0) is 6.42 Å². The molecule has 0 spiro atoms. The normalized spacial score (nSPS) is 25.1. The van der Waals surface area contributed by atoms with Gasteiger partial charge in [0.25, 0.3) is 0 Å². The fourth-order valence-electron chi connectivity index (χ4n) is 4.43. The molecule has 3 atom stereocenters. The second kappa shape index (κ2) is 6.39. The van der Waals surface area contributed by atoms with Crippen LogP contribution in [0, 0.1) is 5.92 Å². The minimum absolute atomic E-state index is 0.0856. The van der Waals surface area contributed by atoms with Crippen molar-refractivity contribution in [2.75, 3.05) is 20.2 Å². The van der Waals surface area contributed by atoms with Crippen molar-refractivity contribution >= 4 is 11.6 Å². The van der Waals surface area contributed by atoms with E-state index in [-0.39, 0.29) is 28.4 Å². The number of aromatic nitrogens is 1. The summed E-state index contributed by atoms with van der Waals surface area (Å²) in [7, 11) is 1.61. The number of halogens is 1. The van der Waals surface area contributed by atoms with E-state index >= 15 is 0 Å². The van der Waals surface area contributed by atoms with Gasteiger partial charge >= 0.3 is 0 Å². The first kappa shape index (κ1) is 16.5. The van der Waals surface area contributed by atoms with Gasteiger partial charge in [-0.1, -0.05) is 11.6 Å². The Balaban J connectivity index is 1.83. The number of phenolic OH excluding ortho intramolecular Hbond substituents is 2. The van der Waals surface area contributed by atoms with Crippen molar-refractivity contribution in [2.45, 2.75) is 24.7 Å². The average Bonchev–Trinajstić information content (AvgIpc) is 2.66. The van der Waals surface area contributed by atoms with Crippen LogP contribution < -0.4 is 10.1 Å². The van der Waals surface area contributed by atoms with E-state index in [4.69, 9.17) is 16.3 Å². The molecule has 3 unspecified atom stereocenters. The first-order valence-electron chi connectivity index (χ1n) is 8.54. The van der Waals surface area contributed by atoms with Gasteiger partial charge in [0.15, 0.2) is 11.5 Å². The molecular formula is C19H21ClN2O3. The fraction of sp³-hybridized carbons (Fsp3) is 0.421. The second-order valence-corrected chi connectivity index (χ2v) is 7.24. The van der Waals surface area contributed by atoms with Gasteiger partial charge in [0.1, 0.15) is 0 Å². The lowest BCUT2D eigenvalue weighted by Crippen LogP contribution is -2.41. The molecule has 1 aliphatic heterocycles. The molecule has 25 heavy (non-hydrogen) atoms. The number of hydrogen-bond donors (Lipinski definition) is 3. The molecule has 3 N–H and O–H groups in total. The molecule has 2 aromatic rings. The number of hydrogen-bond acceptors (Lipinski definition) is 5. The Hall–Kier alpha value is -1.98. The Morgan fingerprint density at radius 1 is 1.24 bits per heavy atom. The molecule has 1 aliphatic carbocycles. The van der Waals surface area contributed by atoms with Crippen LogP contribution in [-0.4, -0.2) is 35.4 Å².